The Morgan fingerprint density at radius 3 is 2.67 bits per heavy atom. The van der Waals surface area contributed by atoms with E-state index in [0.717, 1.165) is 12.8 Å². The zero-order chi connectivity index (χ0) is 15.8. The fourth-order valence-corrected chi connectivity index (χ4v) is 1.96. The van der Waals surface area contributed by atoms with Crippen LogP contribution in [0.3, 0.4) is 0 Å². The molecule has 0 aliphatic rings. The van der Waals surface area contributed by atoms with Crippen LogP contribution in [0.2, 0.25) is 0 Å². The third-order valence-corrected chi connectivity index (χ3v) is 2.92. The van der Waals surface area contributed by atoms with Gasteiger partial charge in [-0.1, -0.05) is 18.6 Å². The Kier molecular flexibility index (Phi) is 6.80. The number of hydrogen-bond donors (Lipinski definition) is 1. The first kappa shape index (κ1) is 17.1. The van der Waals surface area contributed by atoms with E-state index in [1.54, 1.807) is 0 Å². The predicted molar refractivity (Wildman–Crippen MR) is 74.6 cm³/mol. The first-order valence-corrected chi connectivity index (χ1v) is 6.82. The average molecular weight is 298 g/mol. The average Bonchev–Trinajstić information content (AvgIpc) is 2.81. The first-order valence-electron chi connectivity index (χ1n) is 6.82. The first-order chi connectivity index (χ1) is 10.0. The summed E-state index contributed by atoms with van der Waals surface area (Å²) in [4.78, 5) is 23.5. The van der Waals surface area contributed by atoms with Gasteiger partial charge in [-0.05, 0) is 13.3 Å². The molecule has 1 heterocycles. The number of nitrogens with one attached hydrogen (secondary N) is 1. The van der Waals surface area contributed by atoms with Crippen LogP contribution in [0.25, 0.3) is 0 Å². The highest BCUT2D eigenvalue weighted by atomic mass is 16.5. The summed E-state index contributed by atoms with van der Waals surface area (Å²) in [6, 6.07) is 0.0944. The maximum absolute atomic E-state index is 11.9. The number of rotatable bonds is 8. The fourth-order valence-electron chi connectivity index (χ4n) is 1.96. The summed E-state index contributed by atoms with van der Waals surface area (Å²) in [5.41, 5.74) is 0.483. The molecule has 1 amide bonds. The van der Waals surface area contributed by atoms with Gasteiger partial charge in [0.2, 0.25) is 5.91 Å². The molecule has 0 saturated heterocycles. The summed E-state index contributed by atoms with van der Waals surface area (Å²) < 4.78 is 11.0. The van der Waals surface area contributed by atoms with Crippen LogP contribution in [-0.2, 0) is 27.4 Å². The Labute approximate surface area is 123 Å². The highest BCUT2D eigenvalue weighted by Gasteiger charge is 2.21. The lowest BCUT2D eigenvalue weighted by Gasteiger charge is -2.13. The third kappa shape index (κ3) is 4.82. The van der Waals surface area contributed by atoms with Crippen molar-refractivity contribution in [2.24, 2.45) is 0 Å². The van der Waals surface area contributed by atoms with Crippen molar-refractivity contribution in [2.75, 3.05) is 14.2 Å². The van der Waals surface area contributed by atoms with E-state index in [9.17, 15) is 9.59 Å². The fraction of sp³-hybridized carbons (Fsp3) is 0.692. The number of hydrogen-bond acceptors (Lipinski definition) is 6. The van der Waals surface area contributed by atoms with Gasteiger partial charge in [0.25, 0.3) is 0 Å². The minimum Gasteiger partial charge on any atom is -0.464 e. The summed E-state index contributed by atoms with van der Waals surface area (Å²) in [5.74, 6) is -0.789. The molecule has 8 nitrogen and oxygen atoms in total. The molecule has 1 rings (SSSR count). The maximum Gasteiger partial charge on any atom is 0.360 e. The molecule has 0 fully saturated rings. The lowest BCUT2D eigenvalue weighted by molar-refractivity contribution is -0.122. The van der Waals surface area contributed by atoms with Crippen LogP contribution >= 0.6 is 0 Å². The monoisotopic (exact) mass is 298 g/mol. The van der Waals surface area contributed by atoms with Gasteiger partial charge in [-0.15, -0.1) is 5.10 Å². The predicted octanol–water partition coefficient (Wildman–Crippen LogP) is 0.516. The van der Waals surface area contributed by atoms with E-state index in [4.69, 9.17) is 4.74 Å². The molecule has 8 heteroatoms. The van der Waals surface area contributed by atoms with Gasteiger partial charge in [0.15, 0.2) is 5.69 Å². The summed E-state index contributed by atoms with van der Waals surface area (Å²) in [6.45, 7) is 4.10. The molecule has 1 N–H and O–H groups in total. The van der Waals surface area contributed by atoms with Crippen LogP contribution in [0.4, 0.5) is 0 Å². The second-order valence-corrected chi connectivity index (χ2v) is 4.72. The largest absolute Gasteiger partial charge is 0.464 e. The van der Waals surface area contributed by atoms with Gasteiger partial charge in [-0.3, -0.25) is 4.79 Å². The number of aromatic nitrogens is 3. The van der Waals surface area contributed by atoms with Crippen LogP contribution in [0.5, 0.6) is 0 Å². The molecular formula is C13H22N4O4. The van der Waals surface area contributed by atoms with E-state index in [0.29, 0.717) is 5.69 Å². The summed E-state index contributed by atoms with van der Waals surface area (Å²) in [6.07, 6.45) is 1.90. The molecule has 118 valence electrons. The number of carbonyl (C=O) groups excluding carboxylic acids is 2. The Hall–Kier alpha value is -1.96. The van der Waals surface area contributed by atoms with E-state index >= 15 is 0 Å². The Morgan fingerprint density at radius 2 is 2.10 bits per heavy atom. The Bertz CT molecular complexity index is 487. The molecule has 0 saturated carbocycles. The van der Waals surface area contributed by atoms with E-state index in [-0.39, 0.29) is 30.8 Å². The zero-order valence-corrected chi connectivity index (χ0v) is 12.9. The van der Waals surface area contributed by atoms with Gasteiger partial charge in [0.1, 0.15) is 6.54 Å². The topological polar surface area (TPSA) is 95.3 Å². The molecule has 0 aliphatic carbocycles. The van der Waals surface area contributed by atoms with Crippen molar-refractivity contribution in [3.05, 3.63) is 11.4 Å². The Morgan fingerprint density at radius 1 is 1.38 bits per heavy atom. The van der Waals surface area contributed by atoms with Gasteiger partial charge in [-0.2, -0.15) is 0 Å². The number of methoxy groups -OCH3 is 2. The number of nitrogens with zero attached hydrogens (tertiary/aromatic N) is 3. The smallest absolute Gasteiger partial charge is 0.360 e. The van der Waals surface area contributed by atoms with Gasteiger partial charge < -0.3 is 14.8 Å². The second-order valence-electron chi connectivity index (χ2n) is 4.72. The van der Waals surface area contributed by atoms with Crippen molar-refractivity contribution in [1.29, 1.82) is 0 Å². The molecule has 1 aromatic heterocycles. The molecule has 0 aromatic carbocycles. The van der Waals surface area contributed by atoms with Crippen LogP contribution in [0, 0.1) is 0 Å². The van der Waals surface area contributed by atoms with E-state index in [1.165, 1.54) is 18.9 Å². The normalized spacial score (nSPS) is 12.0. The third-order valence-electron chi connectivity index (χ3n) is 2.92. The lowest BCUT2D eigenvalue weighted by Crippen LogP contribution is -2.35. The van der Waals surface area contributed by atoms with Gasteiger partial charge in [-0.25, -0.2) is 9.48 Å². The van der Waals surface area contributed by atoms with Crippen molar-refractivity contribution in [2.45, 2.75) is 45.9 Å². The molecule has 0 bridgehead atoms. The van der Waals surface area contributed by atoms with Gasteiger partial charge >= 0.3 is 5.97 Å². The number of amides is 1. The standard InChI is InChI=1S/C13H22N4O4/c1-5-6-9(2)14-11(18)7-17-10(8-20-3)12(15-16-17)13(19)21-4/h9H,5-8H2,1-4H3,(H,14,18). The van der Waals surface area contributed by atoms with Crippen molar-refractivity contribution < 1.29 is 19.1 Å². The maximum atomic E-state index is 11.9. The highest BCUT2D eigenvalue weighted by Crippen LogP contribution is 2.08. The van der Waals surface area contributed by atoms with Gasteiger partial charge in [0, 0.05) is 13.2 Å². The van der Waals surface area contributed by atoms with Crippen LogP contribution in [0.1, 0.15) is 42.9 Å². The quantitative estimate of drug-likeness (QED) is 0.703. The Balaban J connectivity index is 2.80. The van der Waals surface area contributed by atoms with Gasteiger partial charge in [0.05, 0.1) is 19.4 Å². The molecular weight excluding hydrogens is 276 g/mol. The molecule has 0 aliphatic heterocycles. The summed E-state index contributed by atoms with van der Waals surface area (Å²) >= 11 is 0. The SMILES string of the molecule is CCCC(C)NC(=O)Cn1nnc(C(=O)OC)c1COC. The number of esters is 1. The zero-order valence-electron chi connectivity index (χ0n) is 12.9. The second kappa shape index (κ2) is 8.35. The molecule has 0 spiro atoms. The van der Waals surface area contributed by atoms with E-state index in [1.807, 2.05) is 6.92 Å². The van der Waals surface area contributed by atoms with Crippen molar-refractivity contribution in [3.63, 3.8) is 0 Å². The van der Waals surface area contributed by atoms with Crippen molar-refractivity contribution >= 4 is 11.9 Å². The number of carbonyl (C=O) groups is 2. The minimum absolute atomic E-state index is 0.0171. The van der Waals surface area contributed by atoms with Crippen LogP contribution in [0.15, 0.2) is 0 Å². The summed E-state index contributed by atoms with van der Waals surface area (Å²) in [7, 11) is 2.75. The van der Waals surface area contributed by atoms with Crippen LogP contribution < -0.4 is 5.32 Å². The van der Waals surface area contributed by atoms with Crippen molar-refractivity contribution in [1.82, 2.24) is 20.3 Å². The van der Waals surface area contributed by atoms with Crippen LogP contribution in [-0.4, -0.2) is 47.1 Å². The highest BCUT2D eigenvalue weighted by molar-refractivity contribution is 5.88. The summed E-state index contributed by atoms with van der Waals surface area (Å²) in [5, 5.41) is 10.4. The van der Waals surface area contributed by atoms with E-state index in [2.05, 4.69) is 27.3 Å². The molecule has 1 unspecified atom stereocenters. The molecule has 0 radical (unpaired) electrons. The van der Waals surface area contributed by atoms with E-state index < -0.39 is 5.97 Å². The number of ether oxygens (including phenoxy) is 2. The molecule has 1 aromatic rings. The minimum atomic E-state index is -0.604. The molecule has 21 heavy (non-hydrogen) atoms. The van der Waals surface area contributed by atoms with Crippen molar-refractivity contribution in [3.8, 4) is 0 Å². The lowest BCUT2D eigenvalue weighted by atomic mass is 10.2. The molecule has 1 atom stereocenters.